The number of ketones is 2. The Balaban J connectivity index is 2.37. The van der Waals surface area contributed by atoms with Crippen molar-refractivity contribution in [2.75, 3.05) is 20.3 Å². The fourth-order valence-electron chi connectivity index (χ4n) is 2.35. The topological polar surface area (TPSA) is 84.8 Å². The van der Waals surface area contributed by atoms with Crippen molar-refractivity contribution in [3.8, 4) is 0 Å². The summed E-state index contributed by atoms with van der Waals surface area (Å²) in [6, 6.07) is 5.57. The molecular formula is C16H18N2O4. The second-order valence-electron chi connectivity index (χ2n) is 4.99. The van der Waals surface area contributed by atoms with Crippen LogP contribution in [-0.2, 0) is 9.53 Å². The quantitative estimate of drug-likeness (QED) is 0.824. The van der Waals surface area contributed by atoms with E-state index in [1.807, 2.05) is 0 Å². The third kappa shape index (κ3) is 3.28. The third-order valence-corrected chi connectivity index (χ3v) is 3.34. The first kappa shape index (κ1) is 16.0. The molecule has 0 fully saturated rings. The van der Waals surface area contributed by atoms with Crippen molar-refractivity contribution in [1.29, 1.82) is 0 Å². The molecule has 0 saturated heterocycles. The predicted molar refractivity (Wildman–Crippen MR) is 81.5 cm³/mol. The first-order valence-electron chi connectivity index (χ1n) is 7.04. The van der Waals surface area contributed by atoms with Crippen molar-refractivity contribution < 1.29 is 19.1 Å². The first-order valence-corrected chi connectivity index (χ1v) is 7.04. The van der Waals surface area contributed by atoms with Gasteiger partial charge in [0, 0.05) is 38.3 Å². The minimum absolute atomic E-state index is 0.0926. The van der Waals surface area contributed by atoms with E-state index in [0.717, 1.165) is 0 Å². The van der Waals surface area contributed by atoms with E-state index in [1.165, 1.54) is 6.92 Å². The smallest absolute Gasteiger partial charge is 0.217 e. The second kappa shape index (κ2) is 7.09. The van der Waals surface area contributed by atoms with Gasteiger partial charge in [-0.05, 0) is 6.42 Å². The summed E-state index contributed by atoms with van der Waals surface area (Å²) in [6.07, 6.45) is 0.635. The van der Waals surface area contributed by atoms with E-state index >= 15 is 0 Å². The van der Waals surface area contributed by atoms with Crippen LogP contribution >= 0.6 is 0 Å². The number of aliphatic imine (C=N–C) groups is 1. The van der Waals surface area contributed by atoms with Crippen LogP contribution in [0.4, 0.5) is 0 Å². The molecule has 1 aromatic rings. The van der Waals surface area contributed by atoms with Crippen LogP contribution in [0, 0.1) is 0 Å². The van der Waals surface area contributed by atoms with E-state index in [9.17, 15) is 14.4 Å². The Hall–Kier alpha value is -2.34. The zero-order chi connectivity index (χ0) is 16.1. The maximum Gasteiger partial charge on any atom is 0.217 e. The molecule has 1 aliphatic rings. The van der Waals surface area contributed by atoms with Gasteiger partial charge < -0.3 is 10.1 Å². The minimum Gasteiger partial charge on any atom is -0.385 e. The standard InChI is InChI=1S/C16H18N2O4/c1-10(19)18-14-13(17-8-5-9-22-2)15(20)11-6-3-4-7-12(11)16(14)21/h3-4,6-7,14H,5,8-9H2,1-2H3,(H,18,19)/t14-/m1/s1. The molecule has 1 N–H and O–H groups in total. The summed E-state index contributed by atoms with van der Waals surface area (Å²) in [5.74, 6) is -1.00. The largest absolute Gasteiger partial charge is 0.385 e. The number of hydrogen-bond acceptors (Lipinski definition) is 5. The van der Waals surface area contributed by atoms with Crippen LogP contribution in [0.3, 0.4) is 0 Å². The van der Waals surface area contributed by atoms with Crippen molar-refractivity contribution in [3.63, 3.8) is 0 Å². The maximum absolute atomic E-state index is 12.6. The molecule has 116 valence electrons. The highest BCUT2D eigenvalue weighted by Crippen LogP contribution is 2.20. The van der Waals surface area contributed by atoms with Gasteiger partial charge in [0.1, 0.15) is 11.8 Å². The Morgan fingerprint density at radius 2 is 1.95 bits per heavy atom. The monoisotopic (exact) mass is 302 g/mol. The normalized spacial score (nSPS) is 19.2. The Morgan fingerprint density at radius 3 is 2.59 bits per heavy atom. The molecule has 1 amide bonds. The molecule has 6 heteroatoms. The van der Waals surface area contributed by atoms with Gasteiger partial charge in [-0.2, -0.15) is 0 Å². The lowest BCUT2D eigenvalue weighted by molar-refractivity contribution is -0.119. The van der Waals surface area contributed by atoms with E-state index < -0.39 is 6.04 Å². The number of rotatable bonds is 5. The van der Waals surface area contributed by atoms with E-state index in [0.29, 0.717) is 30.7 Å². The lowest BCUT2D eigenvalue weighted by atomic mass is 9.84. The lowest BCUT2D eigenvalue weighted by Gasteiger charge is -2.24. The van der Waals surface area contributed by atoms with E-state index in [-0.39, 0.29) is 23.2 Å². The first-order chi connectivity index (χ1) is 10.6. The van der Waals surface area contributed by atoms with Crippen molar-refractivity contribution in [1.82, 2.24) is 5.32 Å². The van der Waals surface area contributed by atoms with Crippen LogP contribution in [0.1, 0.15) is 34.1 Å². The van der Waals surface area contributed by atoms with E-state index in [4.69, 9.17) is 4.74 Å². The maximum atomic E-state index is 12.6. The third-order valence-electron chi connectivity index (χ3n) is 3.34. The number of Topliss-reactive ketones (excluding diaryl/α,β-unsaturated/α-hetero) is 2. The Bertz CT molecular complexity index is 637. The predicted octanol–water partition coefficient (Wildman–Crippen LogP) is 1.05. The molecular weight excluding hydrogens is 284 g/mol. The van der Waals surface area contributed by atoms with Crippen LogP contribution in [0.25, 0.3) is 0 Å². The van der Waals surface area contributed by atoms with Gasteiger partial charge in [-0.3, -0.25) is 19.4 Å². The molecule has 0 unspecified atom stereocenters. The molecule has 0 radical (unpaired) electrons. The molecule has 0 bridgehead atoms. The van der Waals surface area contributed by atoms with Gasteiger partial charge in [0.25, 0.3) is 0 Å². The Labute approximate surface area is 128 Å². The molecule has 1 aromatic carbocycles. The molecule has 0 aromatic heterocycles. The zero-order valence-electron chi connectivity index (χ0n) is 12.6. The number of hydrogen-bond donors (Lipinski definition) is 1. The highest BCUT2D eigenvalue weighted by molar-refractivity contribution is 6.55. The van der Waals surface area contributed by atoms with Crippen molar-refractivity contribution in [2.24, 2.45) is 4.99 Å². The average molecular weight is 302 g/mol. The van der Waals surface area contributed by atoms with Crippen LogP contribution in [0.5, 0.6) is 0 Å². The molecule has 0 heterocycles. The Kier molecular flexibility index (Phi) is 5.16. The molecule has 22 heavy (non-hydrogen) atoms. The fourth-order valence-corrected chi connectivity index (χ4v) is 2.35. The second-order valence-corrected chi connectivity index (χ2v) is 4.99. The summed E-state index contributed by atoms with van der Waals surface area (Å²) in [4.78, 5) is 40.7. The number of methoxy groups -OCH3 is 1. The van der Waals surface area contributed by atoms with Crippen molar-refractivity contribution in [3.05, 3.63) is 35.4 Å². The number of fused-ring (bicyclic) bond motifs is 1. The molecule has 1 aliphatic carbocycles. The van der Waals surface area contributed by atoms with Gasteiger partial charge in [-0.1, -0.05) is 24.3 Å². The zero-order valence-corrected chi connectivity index (χ0v) is 12.6. The number of nitrogens with zero attached hydrogens (tertiary/aromatic N) is 1. The van der Waals surface area contributed by atoms with Gasteiger partial charge >= 0.3 is 0 Å². The van der Waals surface area contributed by atoms with Crippen LogP contribution < -0.4 is 5.32 Å². The average Bonchev–Trinajstić information content (AvgIpc) is 2.51. The Morgan fingerprint density at radius 1 is 1.27 bits per heavy atom. The molecule has 0 saturated carbocycles. The van der Waals surface area contributed by atoms with Crippen LogP contribution in [-0.4, -0.2) is 49.5 Å². The van der Waals surface area contributed by atoms with Crippen LogP contribution in [0.15, 0.2) is 29.3 Å². The highest BCUT2D eigenvalue weighted by Gasteiger charge is 2.38. The minimum atomic E-state index is -1.01. The van der Waals surface area contributed by atoms with Gasteiger partial charge in [0.05, 0.1) is 0 Å². The summed E-state index contributed by atoms with van der Waals surface area (Å²) in [6.45, 7) is 2.18. The van der Waals surface area contributed by atoms with Gasteiger partial charge in [-0.25, -0.2) is 0 Å². The fraction of sp³-hybridized carbons (Fsp3) is 0.375. The van der Waals surface area contributed by atoms with E-state index in [1.54, 1.807) is 31.4 Å². The number of ether oxygens (including phenoxy) is 1. The van der Waals surface area contributed by atoms with Gasteiger partial charge in [0.15, 0.2) is 5.78 Å². The lowest BCUT2D eigenvalue weighted by Crippen LogP contribution is -2.52. The van der Waals surface area contributed by atoms with Crippen molar-refractivity contribution in [2.45, 2.75) is 19.4 Å². The summed E-state index contributed by atoms with van der Waals surface area (Å²) in [5, 5.41) is 2.52. The van der Waals surface area contributed by atoms with Gasteiger partial charge in [0.2, 0.25) is 11.7 Å². The summed E-state index contributed by atoms with van der Waals surface area (Å²) >= 11 is 0. The highest BCUT2D eigenvalue weighted by atomic mass is 16.5. The number of carbonyl (C=O) groups excluding carboxylic acids is 3. The SMILES string of the molecule is COCCCN=C1C(=O)c2ccccc2C(=O)[C@@H]1NC(C)=O. The van der Waals surface area contributed by atoms with Crippen LogP contribution in [0.2, 0.25) is 0 Å². The number of carbonyl (C=O) groups is 3. The summed E-state index contributed by atoms with van der Waals surface area (Å²) in [5.41, 5.74) is 0.747. The molecule has 1 atom stereocenters. The molecule has 6 nitrogen and oxygen atoms in total. The van der Waals surface area contributed by atoms with Gasteiger partial charge in [-0.15, -0.1) is 0 Å². The number of benzene rings is 1. The number of nitrogens with one attached hydrogen (secondary N) is 1. The van der Waals surface area contributed by atoms with Crippen molar-refractivity contribution >= 4 is 23.2 Å². The summed E-state index contributed by atoms with van der Waals surface area (Å²) < 4.78 is 4.94. The molecule has 0 spiro atoms. The molecule has 0 aliphatic heterocycles. The molecule has 2 rings (SSSR count). The number of amides is 1. The van der Waals surface area contributed by atoms with E-state index in [2.05, 4.69) is 10.3 Å². The summed E-state index contributed by atoms with van der Waals surface area (Å²) in [7, 11) is 1.58.